The van der Waals surface area contributed by atoms with Crippen LogP contribution in [0.25, 0.3) is 0 Å². The molecule has 7 nitrogen and oxygen atoms in total. The summed E-state index contributed by atoms with van der Waals surface area (Å²) in [7, 11) is -3.87. The number of piperazine rings is 1. The van der Waals surface area contributed by atoms with E-state index >= 15 is 0 Å². The molecule has 1 fully saturated rings. The van der Waals surface area contributed by atoms with Gasteiger partial charge in [0, 0.05) is 25.8 Å². The minimum Gasteiger partial charge on any atom is -0.480 e. The van der Waals surface area contributed by atoms with Crippen molar-refractivity contribution in [3.05, 3.63) is 23.9 Å². The van der Waals surface area contributed by atoms with Gasteiger partial charge in [0.05, 0.1) is 0 Å². The summed E-state index contributed by atoms with van der Waals surface area (Å²) in [4.78, 5) is 15.0. The number of aryl methyl sites for hydroxylation is 1. The van der Waals surface area contributed by atoms with E-state index in [0.29, 0.717) is 6.54 Å². The lowest BCUT2D eigenvalue weighted by Gasteiger charge is -2.31. The largest absolute Gasteiger partial charge is 0.480 e. The summed E-state index contributed by atoms with van der Waals surface area (Å²) in [5.74, 6) is -1.16. The number of carboxylic acid groups (broad SMARTS) is 1. The van der Waals surface area contributed by atoms with Crippen LogP contribution >= 0.6 is 0 Å². The molecule has 0 aliphatic carbocycles. The normalized spacial score (nSPS) is 21.2. The summed E-state index contributed by atoms with van der Waals surface area (Å²) in [6.07, 6.45) is 1.45. The second-order valence-electron chi connectivity index (χ2n) is 4.35. The van der Waals surface area contributed by atoms with Gasteiger partial charge in [0.15, 0.2) is 5.03 Å². The SMILES string of the molecule is Cc1ccc(S(=O)(=O)N2CCNCC2C(=O)O)nc1. The molecule has 1 saturated heterocycles. The third kappa shape index (κ3) is 2.75. The van der Waals surface area contributed by atoms with E-state index in [-0.39, 0.29) is 18.1 Å². The van der Waals surface area contributed by atoms with Crippen LogP contribution in [0, 0.1) is 6.92 Å². The van der Waals surface area contributed by atoms with Crippen LogP contribution in [0.1, 0.15) is 5.56 Å². The third-order valence-electron chi connectivity index (χ3n) is 2.94. The fourth-order valence-electron chi connectivity index (χ4n) is 1.91. The van der Waals surface area contributed by atoms with Gasteiger partial charge in [0.25, 0.3) is 10.0 Å². The fourth-order valence-corrected chi connectivity index (χ4v) is 3.41. The van der Waals surface area contributed by atoms with Gasteiger partial charge in [-0.25, -0.2) is 13.4 Å². The van der Waals surface area contributed by atoms with Gasteiger partial charge in [-0.15, -0.1) is 0 Å². The average Bonchev–Trinajstić information content (AvgIpc) is 2.39. The molecule has 0 amide bonds. The molecular formula is C11H15N3O4S. The molecule has 0 saturated carbocycles. The van der Waals surface area contributed by atoms with Crippen molar-refractivity contribution < 1.29 is 18.3 Å². The minimum absolute atomic E-state index is 0.0976. The van der Waals surface area contributed by atoms with Crippen LogP contribution in [-0.2, 0) is 14.8 Å². The molecule has 1 aliphatic heterocycles. The molecule has 1 unspecified atom stereocenters. The molecule has 1 atom stereocenters. The number of rotatable bonds is 3. The molecule has 19 heavy (non-hydrogen) atoms. The molecule has 104 valence electrons. The number of nitrogens with one attached hydrogen (secondary N) is 1. The van der Waals surface area contributed by atoms with Crippen LogP contribution in [0.2, 0.25) is 0 Å². The summed E-state index contributed by atoms with van der Waals surface area (Å²) in [6, 6.07) is 1.94. The highest BCUT2D eigenvalue weighted by atomic mass is 32.2. The van der Waals surface area contributed by atoms with Gasteiger partial charge in [-0.1, -0.05) is 6.07 Å². The fraction of sp³-hybridized carbons (Fsp3) is 0.455. The van der Waals surface area contributed by atoms with Crippen molar-refractivity contribution in [2.45, 2.75) is 18.0 Å². The first-order valence-corrected chi connectivity index (χ1v) is 7.25. The smallest absolute Gasteiger partial charge is 0.323 e. The molecule has 0 radical (unpaired) electrons. The number of nitrogens with zero attached hydrogens (tertiary/aromatic N) is 2. The topological polar surface area (TPSA) is 99.6 Å². The van der Waals surface area contributed by atoms with E-state index in [4.69, 9.17) is 5.11 Å². The first-order chi connectivity index (χ1) is 8.93. The Hall–Kier alpha value is -1.51. The molecule has 8 heteroatoms. The number of hydrogen-bond acceptors (Lipinski definition) is 5. The number of aliphatic carboxylic acids is 1. The standard InChI is InChI=1S/C11H15N3O4S/c1-8-2-3-10(13-6-8)19(17,18)14-5-4-12-7-9(14)11(15)16/h2-3,6,9,12H,4-5,7H2,1H3,(H,15,16). The van der Waals surface area contributed by atoms with Gasteiger partial charge in [-0.05, 0) is 18.6 Å². The van der Waals surface area contributed by atoms with E-state index in [1.807, 2.05) is 0 Å². The molecule has 2 rings (SSSR count). The molecule has 0 bridgehead atoms. The van der Waals surface area contributed by atoms with Crippen LogP contribution in [0.15, 0.2) is 23.4 Å². The molecule has 1 aromatic rings. The maximum Gasteiger partial charge on any atom is 0.323 e. The Kier molecular flexibility index (Phi) is 3.83. The summed E-state index contributed by atoms with van der Waals surface area (Å²) < 4.78 is 25.8. The molecule has 2 heterocycles. The second-order valence-corrected chi connectivity index (χ2v) is 6.19. The number of sulfonamides is 1. The summed E-state index contributed by atoms with van der Waals surface area (Å²) >= 11 is 0. The molecule has 1 aliphatic rings. The molecular weight excluding hydrogens is 270 g/mol. The Morgan fingerprint density at radius 3 is 2.84 bits per heavy atom. The molecule has 0 spiro atoms. The first kappa shape index (κ1) is 13.9. The van der Waals surface area contributed by atoms with Gasteiger partial charge in [-0.2, -0.15) is 4.31 Å². The zero-order valence-corrected chi connectivity index (χ0v) is 11.2. The highest BCUT2D eigenvalue weighted by Crippen LogP contribution is 2.18. The van der Waals surface area contributed by atoms with Gasteiger partial charge < -0.3 is 10.4 Å². The zero-order valence-electron chi connectivity index (χ0n) is 10.4. The lowest BCUT2D eigenvalue weighted by molar-refractivity contribution is -0.141. The van der Waals surface area contributed by atoms with E-state index in [1.54, 1.807) is 13.0 Å². The maximum atomic E-state index is 12.4. The van der Waals surface area contributed by atoms with Crippen molar-refractivity contribution in [3.8, 4) is 0 Å². The number of pyridine rings is 1. The van der Waals surface area contributed by atoms with Gasteiger partial charge in [0.2, 0.25) is 0 Å². The molecule has 2 N–H and O–H groups in total. The predicted molar refractivity (Wildman–Crippen MR) is 67.2 cm³/mol. The highest BCUT2D eigenvalue weighted by molar-refractivity contribution is 7.89. The number of carboxylic acids is 1. The summed E-state index contributed by atoms with van der Waals surface area (Å²) in [5.41, 5.74) is 0.842. The van der Waals surface area contributed by atoms with E-state index in [9.17, 15) is 13.2 Å². The van der Waals surface area contributed by atoms with Crippen molar-refractivity contribution in [2.75, 3.05) is 19.6 Å². The van der Waals surface area contributed by atoms with Crippen LogP contribution in [0.5, 0.6) is 0 Å². The Bertz CT molecular complexity index is 570. The number of hydrogen-bond donors (Lipinski definition) is 2. The third-order valence-corrected chi connectivity index (χ3v) is 4.76. The van der Waals surface area contributed by atoms with Crippen molar-refractivity contribution in [1.29, 1.82) is 0 Å². The Morgan fingerprint density at radius 2 is 2.26 bits per heavy atom. The Balaban J connectivity index is 2.37. The molecule has 0 aromatic carbocycles. The van der Waals surface area contributed by atoms with E-state index < -0.39 is 22.0 Å². The minimum atomic E-state index is -3.87. The van der Waals surface area contributed by atoms with Crippen LogP contribution in [0.4, 0.5) is 0 Å². The highest BCUT2D eigenvalue weighted by Gasteiger charge is 2.38. The summed E-state index contributed by atoms with van der Waals surface area (Å²) in [5, 5.41) is 11.8. The van der Waals surface area contributed by atoms with Crippen LogP contribution in [0.3, 0.4) is 0 Å². The Morgan fingerprint density at radius 1 is 1.53 bits per heavy atom. The lowest BCUT2D eigenvalue weighted by atomic mass is 10.2. The number of aromatic nitrogens is 1. The van der Waals surface area contributed by atoms with Gasteiger partial charge in [-0.3, -0.25) is 4.79 Å². The Labute approximate surface area is 111 Å². The van der Waals surface area contributed by atoms with E-state index in [1.165, 1.54) is 12.3 Å². The van der Waals surface area contributed by atoms with Crippen molar-refractivity contribution >= 4 is 16.0 Å². The predicted octanol–water partition coefficient (Wildman–Crippen LogP) is -0.563. The summed E-state index contributed by atoms with van der Waals surface area (Å²) in [6.45, 7) is 2.44. The monoisotopic (exact) mass is 285 g/mol. The maximum absolute atomic E-state index is 12.4. The zero-order chi connectivity index (χ0) is 14.0. The average molecular weight is 285 g/mol. The van der Waals surface area contributed by atoms with E-state index in [0.717, 1.165) is 9.87 Å². The molecule has 1 aromatic heterocycles. The van der Waals surface area contributed by atoms with Crippen molar-refractivity contribution in [1.82, 2.24) is 14.6 Å². The van der Waals surface area contributed by atoms with Gasteiger partial charge in [0.1, 0.15) is 6.04 Å². The second kappa shape index (κ2) is 5.24. The van der Waals surface area contributed by atoms with Crippen LogP contribution < -0.4 is 5.32 Å². The lowest BCUT2D eigenvalue weighted by Crippen LogP contribution is -2.56. The van der Waals surface area contributed by atoms with Gasteiger partial charge >= 0.3 is 5.97 Å². The van der Waals surface area contributed by atoms with Crippen LogP contribution in [-0.4, -0.2) is 54.5 Å². The first-order valence-electron chi connectivity index (χ1n) is 5.81. The van der Waals surface area contributed by atoms with Crippen molar-refractivity contribution in [3.63, 3.8) is 0 Å². The number of carbonyl (C=O) groups is 1. The van der Waals surface area contributed by atoms with E-state index in [2.05, 4.69) is 10.3 Å². The van der Waals surface area contributed by atoms with Crippen molar-refractivity contribution in [2.24, 2.45) is 0 Å². The quantitative estimate of drug-likeness (QED) is 0.772.